The van der Waals surface area contributed by atoms with Gasteiger partial charge in [-0.05, 0) is 36.2 Å². The van der Waals surface area contributed by atoms with Crippen molar-refractivity contribution in [1.29, 1.82) is 0 Å². The van der Waals surface area contributed by atoms with E-state index in [1.807, 2.05) is 0 Å². The molecule has 21 heavy (non-hydrogen) atoms. The van der Waals surface area contributed by atoms with Crippen LogP contribution in [0.1, 0.15) is 5.56 Å². The Kier molecular flexibility index (Phi) is 4.87. The van der Waals surface area contributed by atoms with Gasteiger partial charge in [-0.1, -0.05) is 11.6 Å². The maximum atomic E-state index is 13.0. The Balaban J connectivity index is 2.02. The monoisotopic (exact) mass is 332 g/mol. The second-order valence-electron chi connectivity index (χ2n) is 4.24. The lowest BCUT2D eigenvalue weighted by Crippen LogP contribution is -2.26. The topological polar surface area (TPSA) is 59.1 Å². The van der Waals surface area contributed by atoms with Crippen LogP contribution in [0.2, 0.25) is 5.15 Å². The summed E-state index contributed by atoms with van der Waals surface area (Å²) in [5.41, 5.74) is 0.364. The highest BCUT2D eigenvalue weighted by Crippen LogP contribution is 2.13. The van der Waals surface area contributed by atoms with Crippen molar-refractivity contribution in [3.8, 4) is 0 Å². The number of rotatable bonds is 5. The highest BCUT2D eigenvalue weighted by atomic mass is 35.5. The third kappa shape index (κ3) is 4.45. The third-order valence-corrected chi connectivity index (χ3v) is 4.30. The van der Waals surface area contributed by atoms with Crippen molar-refractivity contribution in [1.82, 2.24) is 9.71 Å². The molecule has 1 aromatic heterocycles. The molecule has 0 unspecified atom stereocenters. The molecule has 2 rings (SSSR count). The van der Waals surface area contributed by atoms with Gasteiger partial charge in [0.25, 0.3) is 0 Å². The molecule has 0 aliphatic carbocycles. The normalized spacial score (nSPS) is 11.6. The molecule has 1 aromatic carbocycles. The summed E-state index contributed by atoms with van der Waals surface area (Å²) in [5, 5.41) is 0.0603. The Bertz CT molecular complexity index is 733. The zero-order valence-corrected chi connectivity index (χ0v) is 12.3. The number of halogens is 3. The zero-order valence-electron chi connectivity index (χ0n) is 10.7. The Labute approximate surface area is 125 Å². The van der Waals surface area contributed by atoms with Gasteiger partial charge in [-0.25, -0.2) is 26.9 Å². The molecular formula is C13H11ClF2N2O2S. The molecule has 0 atom stereocenters. The van der Waals surface area contributed by atoms with E-state index >= 15 is 0 Å². The van der Waals surface area contributed by atoms with E-state index in [1.54, 1.807) is 0 Å². The summed E-state index contributed by atoms with van der Waals surface area (Å²) in [7, 11) is -3.74. The lowest BCUT2D eigenvalue weighted by atomic mass is 10.1. The first kappa shape index (κ1) is 15.8. The molecule has 8 heteroatoms. The molecule has 112 valence electrons. The lowest BCUT2D eigenvalue weighted by Gasteiger charge is -2.07. The minimum absolute atomic E-state index is 0.00513. The summed E-state index contributed by atoms with van der Waals surface area (Å²) in [6, 6.07) is 5.58. The molecule has 0 aliphatic heterocycles. The Hall–Kier alpha value is -1.57. The third-order valence-electron chi connectivity index (χ3n) is 2.64. The van der Waals surface area contributed by atoms with E-state index in [0.717, 1.165) is 18.2 Å². The summed E-state index contributed by atoms with van der Waals surface area (Å²) in [5.74, 6) is -1.40. The fourth-order valence-electron chi connectivity index (χ4n) is 1.72. The fourth-order valence-corrected chi connectivity index (χ4v) is 3.00. The molecule has 0 bridgehead atoms. The van der Waals surface area contributed by atoms with Crippen molar-refractivity contribution in [2.75, 3.05) is 6.54 Å². The van der Waals surface area contributed by atoms with Gasteiger partial charge in [0, 0.05) is 18.8 Å². The van der Waals surface area contributed by atoms with E-state index < -0.39 is 21.7 Å². The minimum Gasteiger partial charge on any atom is -0.244 e. The molecule has 0 radical (unpaired) electrons. The van der Waals surface area contributed by atoms with Gasteiger partial charge >= 0.3 is 0 Å². The van der Waals surface area contributed by atoms with Crippen LogP contribution in [0.4, 0.5) is 8.78 Å². The molecule has 1 heterocycles. The maximum absolute atomic E-state index is 13.0. The summed E-state index contributed by atoms with van der Waals surface area (Å²) in [4.78, 5) is 3.67. The van der Waals surface area contributed by atoms with Crippen molar-refractivity contribution in [2.45, 2.75) is 11.3 Å². The summed E-state index contributed by atoms with van der Waals surface area (Å²) >= 11 is 5.63. The van der Waals surface area contributed by atoms with Crippen LogP contribution in [0, 0.1) is 11.6 Å². The average Bonchev–Trinajstić information content (AvgIpc) is 2.37. The second kappa shape index (κ2) is 6.46. The maximum Gasteiger partial charge on any atom is 0.240 e. The number of nitrogens with zero attached hydrogens (tertiary/aromatic N) is 1. The fraction of sp³-hybridized carbons (Fsp3) is 0.154. The van der Waals surface area contributed by atoms with E-state index in [9.17, 15) is 17.2 Å². The summed E-state index contributed by atoms with van der Waals surface area (Å²) < 4.78 is 52.3. The van der Waals surface area contributed by atoms with Crippen LogP contribution in [-0.2, 0) is 16.4 Å². The van der Waals surface area contributed by atoms with Gasteiger partial charge in [-0.3, -0.25) is 0 Å². The largest absolute Gasteiger partial charge is 0.244 e. The van der Waals surface area contributed by atoms with Gasteiger partial charge in [0.2, 0.25) is 10.0 Å². The van der Waals surface area contributed by atoms with E-state index in [0.29, 0.717) is 5.56 Å². The van der Waals surface area contributed by atoms with Crippen LogP contribution in [0.3, 0.4) is 0 Å². The van der Waals surface area contributed by atoms with Gasteiger partial charge in [0.15, 0.2) is 0 Å². The van der Waals surface area contributed by atoms with Gasteiger partial charge in [0.05, 0.1) is 4.90 Å². The van der Waals surface area contributed by atoms with Crippen molar-refractivity contribution in [2.24, 2.45) is 0 Å². The van der Waals surface area contributed by atoms with Crippen molar-refractivity contribution >= 4 is 21.6 Å². The van der Waals surface area contributed by atoms with Crippen LogP contribution >= 0.6 is 11.6 Å². The van der Waals surface area contributed by atoms with Gasteiger partial charge < -0.3 is 0 Å². The quantitative estimate of drug-likeness (QED) is 0.856. The van der Waals surface area contributed by atoms with Crippen molar-refractivity contribution in [3.63, 3.8) is 0 Å². The van der Waals surface area contributed by atoms with Crippen molar-refractivity contribution < 1.29 is 17.2 Å². The Morgan fingerprint density at radius 3 is 2.43 bits per heavy atom. The smallest absolute Gasteiger partial charge is 0.240 e. The van der Waals surface area contributed by atoms with Crippen LogP contribution in [0.5, 0.6) is 0 Å². The minimum atomic E-state index is -3.74. The highest BCUT2D eigenvalue weighted by Gasteiger charge is 2.14. The standard InChI is InChI=1S/C13H11ClF2N2O2S/c14-13-8-12(2-3-17-13)21(19,20)18-4-1-9-5-10(15)7-11(16)6-9/h2-3,5-8,18H,1,4H2. The van der Waals surface area contributed by atoms with E-state index in [2.05, 4.69) is 9.71 Å². The average molecular weight is 333 g/mol. The van der Waals surface area contributed by atoms with Crippen LogP contribution in [0.15, 0.2) is 41.4 Å². The predicted octanol–water partition coefficient (Wildman–Crippen LogP) is 2.53. The highest BCUT2D eigenvalue weighted by molar-refractivity contribution is 7.89. The molecule has 1 N–H and O–H groups in total. The Morgan fingerprint density at radius 2 is 1.81 bits per heavy atom. The van der Waals surface area contributed by atoms with Gasteiger partial charge in [-0.2, -0.15) is 0 Å². The van der Waals surface area contributed by atoms with Gasteiger partial charge in [0.1, 0.15) is 16.8 Å². The first-order valence-electron chi connectivity index (χ1n) is 5.93. The van der Waals surface area contributed by atoms with Gasteiger partial charge in [-0.15, -0.1) is 0 Å². The first-order chi connectivity index (χ1) is 9.87. The zero-order chi connectivity index (χ0) is 15.5. The molecule has 0 amide bonds. The molecule has 2 aromatic rings. The number of sulfonamides is 1. The van der Waals surface area contributed by atoms with E-state index in [-0.39, 0.29) is 23.0 Å². The lowest BCUT2D eigenvalue weighted by molar-refractivity contribution is 0.576. The predicted molar refractivity (Wildman–Crippen MR) is 74.5 cm³/mol. The molecule has 0 aliphatic rings. The van der Waals surface area contributed by atoms with E-state index in [4.69, 9.17) is 11.6 Å². The number of hydrogen-bond donors (Lipinski definition) is 1. The summed E-state index contributed by atoms with van der Waals surface area (Å²) in [6.07, 6.45) is 1.44. The summed E-state index contributed by atoms with van der Waals surface area (Å²) in [6.45, 7) is 0.00513. The van der Waals surface area contributed by atoms with Crippen molar-refractivity contribution in [3.05, 3.63) is 58.9 Å². The number of aromatic nitrogens is 1. The van der Waals surface area contributed by atoms with Crippen LogP contribution in [-0.4, -0.2) is 19.9 Å². The molecule has 4 nitrogen and oxygen atoms in total. The van der Waals surface area contributed by atoms with E-state index in [1.165, 1.54) is 18.3 Å². The number of hydrogen-bond acceptors (Lipinski definition) is 3. The molecule has 0 spiro atoms. The molecular weight excluding hydrogens is 322 g/mol. The Morgan fingerprint density at radius 1 is 1.14 bits per heavy atom. The van der Waals surface area contributed by atoms with Crippen LogP contribution in [0.25, 0.3) is 0 Å². The SMILES string of the molecule is O=S(=O)(NCCc1cc(F)cc(F)c1)c1ccnc(Cl)c1. The number of pyridine rings is 1. The first-order valence-corrected chi connectivity index (χ1v) is 7.79. The molecule has 0 fully saturated rings. The second-order valence-corrected chi connectivity index (χ2v) is 6.39. The molecule has 0 saturated heterocycles. The number of benzene rings is 1. The molecule has 0 saturated carbocycles. The van der Waals surface area contributed by atoms with Crippen LogP contribution < -0.4 is 4.72 Å². The number of nitrogens with one attached hydrogen (secondary N) is 1.